The number of hydrogen-bond acceptors (Lipinski definition) is 6. The third kappa shape index (κ3) is 3.54. The number of thioether (sulfide) groups is 1. The van der Waals surface area contributed by atoms with Gasteiger partial charge in [-0.15, -0.1) is 11.3 Å². The van der Waals surface area contributed by atoms with Crippen molar-refractivity contribution in [3.05, 3.63) is 47.6 Å². The highest BCUT2D eigenvalue weighted by Gasteiger charge is 2.18. The van der Waals surface area contributed by atoms with E-state index in [0.29, 0.717) is 12.2 Å². The zero-order valence-electron chi connectivity index (χ0n) is 12.9. The van der Waals surface area contributed by atoms with Gasteiger partial charge in [0.25, 0.3) is 0 Å². The number of nitrogens with zero attached hydrogens (tertiary/aromatic N) is 2. The number of carbonyl (C=O) groups is 1. The minimum atomic E-state index is -0.217. The van der Waals surface area contributed by atoms with E-state index in [-0.39, 0.29) is 11.0 Å². The zero-order chi connectivity index (χ0) is 16.2. The van der Waals surface area contributed by atoms with Gasteiger partial charge in [0.15, 0.2) is 5.78 Å². The first-order valence-electron chi connectivity index (χ1n) is 7.31. The Hall–Kier alpha value is -1.92. The number of hydrogen-bond donors (Lipinski definition) is 0. The number of thiophene rings is 1. The van der Waals surface area contributed by atoms with Gasteiger partial charge in [0.1, 0.15) is 21.9 Å². The molecule has 0 saturated heterocycles. The van der Waals surface area contributed by atoms with E-state index in [1.54, 1.807) is 17.7 Å². The lowest BCUT2D eigenvalue weighted by Gasteiger charge is -2.11. The van der Waals surface area contributed by atoms with Crippen molar-refractivity contribution in [3.63, 3.8) is 0 Å². The predicted molar refractivity (Wildman–Crippen MR) is 94.7 cm³/mol. The van der Waals surface area contributed by atoms with E-state index in [4.69, 9.17) is 4.74 Å². The third-order valence-corrected chi connectivity index (χ3v) is 5.27. The van der Waals surface area contributed by atoms with E-state index in [1.807, 2.05) is 49.6 Å². The highest BCUT2D eigenvalue weighted by molar-refractivity contribution is 8.00. The van der Waals surface area contributed by atoms with E-state index < -0.39 is 0 Å². The normalized spacial score (nSPS) is 12.3. The standard InChI is InChI=1S/C17H16N2O2S2/c1-3-21-13-6-4-12(5-7-13)15(20)11(2)23-17-14-8-9-22-16(14)18-10-19-17/h4-11H,3H2,1-2H3/t11-/m1/s1. The fourth-order valence-electron chi connectivity index (χ4n) is 2.20. The van der Waals surface area contributed by atoms with Crippen molar-refractivity contribution in [1.82, 2.24) is 9.97 Å². The molecule has 0 aliphatic heterocycles. The molecule has 2 heterocycles. The van der Waals surface area contributed by atoms with Crippen molar-refractivity contribution >= 4 is 39.1 Å². The van der Waals surface area contributed by atoms with E-state index >= 15 is 0 Å². The Morgan fingerprint density at radius 3 is 2.78 bits per heavy atom. The second-order valence-electron chi connectivity index (χ2n) is 4.90. The number of aromatic nitrogens is 2. The Bertz CT molecular complexity index is 815. The molecule has 4 nitrogen and oxygen atoms in total. The van der Waals surface area contributed by atoms with Crippen LogP contribution in [0, 0.1) is 0 Å². The number of rotatable bonds is 6. The van der Waals surface area contributed by atoms with Crippen molar-refractivity contribution in [1.29, 1.82) is 0 Å². The molecule has 0 unspecified atom stereocenters. The van der Waals surface area contributed by atoms with E-state index in [2.05, 4.69) is 9.97 Å². The Kier molecular flexibility index (Phi) is 4.93. The molecule has 0 saturated carbocycles. The van der Waals surface area contributed by atoms with Crippen molar-refractivity contribution in [2.45, 2.75) is 24.1 Å². The van der Waals surface area contributed by atoms with Gasteiger partial charge < -0.3 is 4.74 Å². The van der Waals surface area contributed by atoms with Gasteiger partial charge in [0, 0.05) is 10.9 Å². The Balaban J connectivity index is 1.75. The first kappa shape index (κ1) is 16.0. The molecule has 0 aliphatic rings. The molecule has 1 atom stereocenters. The van der Waals surface area contributed by atoms with Gasteiger partial charge >= 0.3 is 0 Å². The van der Waals surface area contributed by atoms with E-state index in [0.717, 1.165) is 21.0 Å². The maximum absolute atomic E-state index is 12.6. The summed E-state index contributed by atoms with van der Waals surface area (Å²) in [4.78, 5) is 22.1. The predicted octanol–water partition coefficient (Wildman–Crippen LogP) is 4.45. The molecule has 3 aromatic rings. The number of benzene rings is 1. The molecule has 2 aromatic heterocycles. The maximum atomic E-state index is 12.6. The van der Waals surface area contributed by atoms with Crippen LogP contribution in [0.3, 0.4) is 0 Å². The number of Topliss-reactive ketones (excluding diaryl/α,β-unsaturated/α-hetero) is 1. The van der Waals surface area contributed by atoms with Gasteiger partial charge in [-0.1, -0.05) is 11.8 Å². The van der Waals surface area contributed by atoms with E-state index in [1.165, 1.54) is 11.8 Å². The lowest BCUT2D eigenvalue weighted by atomic mass is 10.1. The Morgan fingerprint density at radius 2 is 2.04 bits per heavy atom. The summed E-state index contributed by atoms with van der Waals surface area (Å²) in [6.45, 7) is 4.46. The van der Waals surface area contributed by atoms with Crippen LogP contribution in [0.4, 0.5) is 0 Å². The number of carbonyl (C=O) groups excluding carboxylic acids is 1. The molecule has 0 spiro atoms. The molecular formula is C17H16N2O2S2. The molecular weight excluding hydrogens is 328 g/mol. The fraction of sp³-hybridized carbons (Fsp3) is 0.235. The summed E-state index contributed by atoms with van der Waals surface area (Å²) < 4.78 is 5.40. The highest BCUT2D eigenvalue weighted by Crippen LogP contribution is 2.31. The second kappa shape index (κ2) is 7.10. The average molecular weight is 344 g/mol. The zero-order valence-corrected chi connectivity index (χ0v) is 14.5. The summed E-state index contributed by atoms with van der Waals surface area (Å²) in [7, 11) is 0. The van der Waals surface area contributed by atoms with Gasteiger partial charge in [-0.2, -0.15) is 0 Å². The molecule has 0 aliphatic carbocycles. The van der Waals surface area contributed by atoms with Gasteiger partial charge in [0.05, 0.1) is 11.9 Å². The first-order valence-corrected chi connectivity index (χ1v) is 9.07. The highest BCUT2D eigenvalue weighted by atomic mass is 32.2. The molecule has 0 N–H and O–H groups in total. The second-order valence-corrected chi connectivity index (χ2v) is 7.12. The fourth-order valence-corrected chi connectivity index (χ4v) is 3.97. The van der Waals surface area contributed by atoms with Crippen molar-refractivity contribution in [2.24, 2.45) is 0 Å². The summed E-state index contributed by atoms with van der Waals surface area (Å²) in [5.41, 5.74) is 0.684. The topological polar surface area (TPSA) is 52.1 Å². The Labute approximate surface area is 142 Å². The van der Waals surface area contributed by atoms with Gasteiger partial charge in [-0.3, -0.25) is 4.79 Å². The molecule has 3 rings (SSSR count). The summed E-state index contributed by atoms with van der Waals surface area (Å²) in [5.74, 6) is 0.861. The van der Waals surface area contributed by atoms with Gasteiger partial charge in [0.2, 0.25) is 0 Å². The summed E-state index contributed by atoms with van der Waals surface area (Å²) >= 11 is 3.05. The van der Waals surface area contributed by atoms with E-state index in [9.17, 15) is 4.79 Å². The number of ether oxygens (including phenoxy) is 1. The minimum Gasteiger partial charge on any atom is -0.494 e. The lowest BCUT2D eigenvalue weighted by molar-refractivity contribution is 0.0994. The maximum Gasteiger partial charge on any atom is 0.175 e. The van der Waals surface area contributed by atoms with Gasteiger partial charge in [-0.05, 0) is 49.6 Å². The molecule has 0 bridgehead atoms. The molecule has 0 amide bonds. The monoisotopic (exact) mass is 344 g/mol. The number of ketones is 1. The SMILES string of the molecule is CCOc1ccc(C(=O)[C@@H](C)Sc2ncnc3sccc23)cc1. The smallest absolute Gasteiger partial charge is 0.175 e. The van der Waals surface area contributed by atoms with Crippen molar-refractivity contribution in [3.8, 4) is 5.75 Å². The van der Waals surface area contributed by atoms with Crippen LogP contribution in [-0.2, 0) is 0 Å². The van der Waals surface area contributed by atoms with Crippen LogP contribution in [0.15, 0.2) is 47.1 Å². The minimum absolute atomic E-state index is 0.0834. The summed E-state index contributed by atoms with van der Waals surface area (Å²) in [6, 6.07) is 9.28. The summed E-state index contributed by atoms with van der Waals surface area (Å²) in [5, 5.41) is 3.63. The van der Waals surface area contributed by atoms with Gasteiger partial charge in [-0.25, -0.2) is 9.97 Å². The number of fused-ring (bicyclic) bond motifs is 1. The van der Waals surface area contributed by atoms with Crippen LogP contribution < -0.4 is 4.74 Å². The molecule has 0 fully saturated rings. The van der Waals surface area contributed by atoms with Crippen LogP contribution in [-0.4, -0.2) is 27.6 Å². The lowest BCUT2D eigenvalue weighted by Crippen LogP contribution is -2.13. The van der Waals surface area contributed by atoms with Crippen LogP contribution in [0.1, 0.15) is 24.2 Å². The molecule has 23 heavy (non-hydrogen) atoms. The first-order chi connectivity index (χ1) is 11.2. The molecule has 1 aromatic carbocycles. The van der Waals surface area contributed by atoms with Crippen LogP contribution in [0.5, 0.6) is 5.75 Å². The quantitative estimate of drug-likeness (QED) is 0.375. The molecule has 0 radical (unpaired) electrons. The third-order valence-electron chi connectivity index (χ3n) is 3.33. The van der Waals surface area contributed by atoms with Crippen LogP contribution in [0.2, 0.25) is 0 Å². The molecule has 6 heteroatoms. The van der Waals surface area contributed by atoms with Crippen molar-refractivity contribution < 1.29 is 9.53 Å². The average Bonchev–Trinajstić information content (AvgIpc) is 3.05. The Morgan fingerprint density at radius 1 is 1.26 bits per heavy atom. The summed E-state index contributed by atoms with van der Waals surface area (Å²) in [6.07, 6.45) is 1.55. The van der Waals surface area contributed by atoms with Crippen molar-refractivity contribution in [2.75, 3.05) is 6.61 Å². The largest absolute Gasteiger partial charge is 0.494 e. The van der Waals surface area contributed by atoms with Crippen LogP contribution >= 0.6 is 23.1 Å². The molecule has 118 valence electrons. The van der Waals surface area contributed by atoms with Crippen LogP contribution in [0.25, 0.3) is 10.2 Å².